The minimum absolute atomic E-state index is 0.300. The molecule has 0 aliphatic rings. The van der Waals surface area contributed by atoms with Crippen LogP contribution in [-0.4, -0.2) is 11.6 Å². The third-order valence-corrected chi connectivity index (χ3v) is 4.56. The molecule has 4 heteroatoms. The van der Waals surface area contributed by atoms with E-state index in [1.54, 1.807) is 0 Å². The number of unbranched alkanes of at least 4 members (excludes halogenated alkanes) is 4. The van der Waals surface area contributed by atoms with Crippen LogP contribution < -0.4 is 5.73 Å². The van der Waals surface area contributed by atoms with E-state index in [0.29, 0.717) is 10.6 Å². The molecule has 1 aromatic rings. The van der Waals surface area contributed by atoms with Gasteiger partial charge in [-0.25, -0.2) is 4.79 Å². The second-order valence-corrected chi connectivity index (χ2v) is 7.69. The van der Waals surface area contributed by atoms with Crippen LogP contribution >= 0.6 is 11.3 Å². The van der Waals surface area contributed by atoms with Crippen molar-refractivity contribution < 1.29 is 9.53 Å². The Kier molecular flexibility index (Phi) is 6.72. The lowest BCUT2D eigenvalue weighted by molar-refractivity contribution is 0.00705. The van der Waals surface area contributed by atoms with Crippen LogP contribution in [0.3, 0.4) is 0 Å². The van der Waals surface area contributed by atoms with E-state index in [1.165, 1.54) is 41.9 Å². The van der Waals surface area contributed by atoms with Crippen molar-refractivity contribution in [3.05, 3.63) is 16.0 Å². The first kappa shape index (κ1) is 18.0. The highest BCUT2D eigenvalue weighted by atomic mass is 32.1. The number of thiophene rings is 1. The maximum absolute atomic E-state index is 12.2. The number of aryl methyl sites for hydroxylation is 1. The van der Waals surface area contributed by atoms with Gasteiger partial charge in [-0.05, 0) is 46.1 Å². The standard InChI is InChI=1S/C17H29NO2S/c1-6-7-8-9-10-11-13-12(2)14(15(18)21-13)16(19)20-17(3,4)5/h6-11,18H2,1-5H3. The van der Waals surface area contributed by atoms with E-state index < -0.39 is 5.60 Å². The summed E-state index contributed by atoms with van der Waals surface area (Å²) in [6, 6.07) is 0. The fourth-order valence-electron chi connectivity index (χ4n) is 2.29. The average Bonchev–Trinajstić information content (AvgIpc) is 2.62. The molecule has 1 rings (SSSR count). The maximum atomic E-state index is 12.2. The molecule has 0 aromatic carbocycles. The zero-order chi connectivity index (χ0) is 16.0. The summed E-state index contributed by atoms with van der Waals surface area (Å²) in [5.41, 5.74) is 7.11. The number of rotatable bonds is 7. The van der Waals surface area contributed by atoms with Gasteiger partial charge in [0.2, 0.25) is 0 Å². The van der Waals surface area contributed by atoms with Crippen molar-refractivity contribution in [2.45, 2.75) is 78.7 Å². The molecule has 0 aliphatic carbocycles. The summed E-state index contributed by atoms with van der Waals surface area (Å²) < 4.78 is 5.44. The van der Waals surface area contributed by atoms with Crippen molar-refractivity contribution in [2.75, 3.05) is 5.73 Å². The largest absolute Gasteiger partial charge is 0.456 e. The van der Waals surface area contributed by atoms with Crippen LogP contribution in [-0.2, 0) is 11.2 Å². The topological polar surface area (TPSA) is 52.3 Å². The Morgan fingerprint density at radius 1 is 1.19 bits per heavy atom. The van der Waals surface area contributed by atoms with E-state index in [-0.39, 0.29) is 5.97 Å². The second-order valence-electron chi connectivity index (χ2n) is 6.56. The quantitative estimate of drug-likeness (QED) is 0.562. The third-order valence-electron chi connectivity index (χ3n) is 3.38. The first-order chi connectivity index (χ1) is 9.76. The van der Waals surface area contributed by atoms with Crippen LogP contribution in [0.5, 0.6) is 0 Å². The molecule has 0 saturated heterocycles. The summed E-state index contributed by atoms with van der Waals surface area (Å²) in [4.78, 5) is 13.5. The number of esters is 1. The van der Waals surface area contributed by atoms with Gasteiger partial charge >= 0.3 is 5.97 Å². The van der Waals surface area contributed by atoms with Gasteiger partial charge in [-0.1, -0.05) is 32.6 Å². The zero-order valence-electron chi connectivity index (χ0n) is 14.0. The fraction of sp³-hybridized carbons (Fsp3) is 0.706. The number of hydrogen-bond acceptors (Lipinski definition) is 4. The summed E-state index contributed by atoms with van der Waals surface area (Å²) >= 11 is 1.54. The van der Waals surface area contributed by atoms with Crippen LogP contribution in [0.4, 0.5) is 5.00 Å². The summed E-state index contributed by atoms with van der Waals surface area (Å²) in [5.74, 6) is -0.300. The van der Waals surface area contributed by atoms with Crippen molar-refractivity contribution in [1.29, 1.82) is 0 Å². The minimum Gasteiger partial charge on any atom is -0.456 e. The average molecular weight is 311 g/mol. The number of nitrogen functional groups attached to an aromatic ring is 1. The van der Waals surface area contributed by atoms with E-state index >= 15 is 0 Å². The molecule has 0 fully saturated rings. The minimum atomic E-state index is -0.488. The lowest BCUT2D eigenvalue weighted by Gasteiger charge is -2.19. The van der Waals surface area contributed by atoms with E-state index in [2.05, 4.69) is 6.92 Å². The van der Waals surface area contributed by atoms with Crippen molar-refractivity contribution in [3.63, 3.8) is 0 Å². The van der Waals surface area contributed by atoms with Gasteiger partial charge in [-0.2, -0.15) is 0 Å². The van der Waals surface area contributed by atoms with Crippen molar-refractivity contribution >= 4 is 22.3 Å². The van der Waals surface area contributed by atoms with Crippen LogP contribution in [0.1, 0.15) is 80.6 Å². The molecule has 2 N–H and O–H groups in total. The van der Waals surface area contributed by atoms with Gasteiger partial charge in [-0.3, -0.25) is 0 Å². The van der Waals surface area contributed by atoms with Crippen molar-refractivity contribution in [2.24, 2.45) is 0 Å². The first-order valence-electron chi connectivity index (χ1n) is 7.87. The lowest BCUT2D eigenvalue weighted by Crippen LogP contribution is -2.24. The molecule has 0 unspecified atom stereocenters. The number of carbonyl (C=O) groups is 1. The van der Waals surface area contributed by atoms with Crippen LogP contribution in [0.15, 0.2) is 0 Å². The molecule has 21 heavy (non-hydrogen) atoms. The Morgan fingerprint density at radius 2 is 1.81 bits per heavy atom. The molecule has 0 atom stereocenters. The molecule has 1 aromatic heterocycles. The summed E-state index contributed by atoms with van der Waals surface area (Å²) in [7, 11) is 0. The lowest BCUT2D eigenvalue weighted by atomic mass is 10.1. The van der Waals surface area contributed by atoms with Gasteiger partial charge in [0.05, 0.1) is 5.56 Å². The number of nitrogens with two attached hydrogens (primary N) is 1. The number of hydrogen-bond donors (Lipinski definition) is 1. The number of carbonyl (C=O) groups excluding carboxylic acids is 1. The Hall–Kier alpha value is -1.03. The second kappa shape index (κ2) is 7.83. The third kappa shape index (κ3) is 5.70. The van der Waals surface area contributed by atoms with E-state index in [9.17, 15) is 4.79 Å². The van der Waals surface area contributed by atoms with Crippen LogP contribution in [0, 0.1) is 6.92 Å². The Balaban J connectivity index is 2.69. The molecule has 120 valence electrons. The van der Waals surface area contributed by atoms with Crippen molar-refractivity contribution in [1.82, 2.24) is 0 Å². The normalized spacial score (nSPS) is 11.7. The predicted octanol–water partition coefficient (Wildman–Crippen LogP) is 5.11. The highest BCUT2D eigenvalue weighted by Crippen LogP contribution is 2.33. The van der Waals surface area contributed by atoms with Gasteiger partial charge in [0, 0.05) is 4.88 Å². The molecule has 1 heterocycles. The molecule has 0 radical (unpaired) electrons. The summed E-state index contributed by atoms with van der Waals surface area (Å²) in [6.45, 7) is 9.82. The van der Waals surface area contributed by atoms with Crippen molar-refractivity contribution in [3.8, 4) is 0 Å². The molecule has 0 amide bonds. The molecule has 0 spiro atoms. The highest BCUT2D eigenvalue weighted by Gasteiger charge is 2.24. The fourth-order valence-corrected chi connectivity index (χ4v) is 3.40. The monoisotopic (exact) mass is 311 g/mol. The molecule has 0 aliphatic heterocycles. The molecule has 3 nitrogen and oxygen atoms in total. The SMILES string of the molecule is CCCCCCCc1sc(N)c(C(=O)OC(C)(C)C)c1C. The van der Waals surface area contributed by atoms with Gasteiger partial charge in [0.1, 0.15) is 10.6 Å². The molecular weight excluding hydrogens is 282 g/mol. The Morgan fingerprint density at radius 3 is 2.38 bits per heavy atom. The van der Waals surface area contributed by atoms with Crippen LogP contribution in [0.2, 0.25) is 0 Å². The zero-order valence-corrected chi connectivity index (χ0v) is 14.9. The first-order valence-corrected chi connectivity index (χ1v) is 8.69. The van der Waals surface area contributed by atoms with Gasteiger partial charge in [-0.15, -0.1) is 11.3 Å². The van der Waals surface area contributed by atoms with E-state index in [0.717, 1.165) is 18.4 Å². The van der Waals surface area contributed by atoms with E-state index in [4.69, 9.17) is 10.5 Å². The van der Waals surface area contributed by atoms with Crippen LogP contribution in [0.25, 0.3) is 0 Å². The molecule has 0 saturated carbocycles. The smallest absolute Gasteiger partial charge is 0.341 e. The maximum Gasteiger partial charge on any atom is 0.341 e. The van der Waals surface area contributed by atoms with Gasteiger partial charge in [0.15, 0.2) is 0 Å². The summed E-state index contributed by atoms with van der Waals surface area (Å²) in [6.07, 6.45) is 7.26. The molecular formula is C17H29NO2S. The Bertz CT molecular complexity index is 472. The van der Waals surface area contributed by atoms with Gasteiger partial charge in [0.25, 0.3) is 0 Å². The Labute approximate surface area is 132 Å². The molecule has 0 bridgehead atoms. The number of ether oxygens (including phenoxy) is 1. The highest BCUT2D eigenvalue weighted by molar-refractivity contribution is 7.16. The predicted molar refractivity (Wildman–Crippen MR) is 91.1 cm³/mol. The van der Waals surface area contributed by atoms with Gasteiger partial charge < -0.3 is 10.5 Å². The summed E-state index contributed by atoms with van der Waals surface area (Å²) in [5, 5.41) is 0.588. The van der Waals surface area contributed by atoms with E-state index in [1.807, 2.05) is 27.7 Å². The number of anilines is 1.